The van der Waals surface area contributed by atoms with E-state index in [1.54, 1.807) is 0 Å². The second-order valence-electron chi connectivity index (χ2n) is 5.18. The minimum atomic E-state index is -0.158. The summed E-state index contributed by atoms with van der Waals surface area (Å²) in [5.41, 5.74) is 0. The van der Waals surface area contributed by atoms with Crippen molar-refractivity contribution in [2.45, 2.75) is 59.0 Å². The van der Waals surface area contributed by atoms with Crippen LogP contribution < -0.4 is 0 Å². The van der Waals surface area contributed by atoms with Crippen molar-refractivity contribution in [1.29, 1.82) is 0 Å². The van der Waals surface area contributed by atoms with Gasteiger partial charge in [0.05, 0.1) is 6.10 Å². The van der Waals surface area contributed by atoms with Crippen LogP contribution in [0.1, 0.15) is 52.9 Å². The summed E-state index contributed by atoms with van der Waals surface area (Å²) in [6.45, 7) is 5.86. The van der Waals surface area contributed by atoms with Gasteiger partial charge in [-0.3, -0.25) is 9.59 Å². The lowest BCUT2D eigenvalue weighted by molar-refractivity contribution is -0.149. The van der Waals surface area contributed by atoms with Crippen LogP contribution in [0.5, 0.6) is 0 Å². The highest BCUT2D eigenvalue weighted by Gasteiger charge is 2.33. The number of allylic oxidation sites excluding steroid dienone is 2. The van der Waals surface area contributed by atoms with Gasteiger partial charge in [-0.2, -0.15) is 0 Å². The Morgan fingerprint density at radius 2 is 2.11 bits per heavy atom. The van der Waals surface area contributed by atoms with E-state index in [1.807, 2.05) is 26.8 Å². The lowest BCUT2D eigenvalue weighted by atomic mass is 9.90. The van der Waals surface area contributed by atoms with Crippen LogP contribution in [0.25, 0.3) is 0 Å². The highest BCUT2D eigenvalue weighted by molar-refractivity contribution is 5.82. The van der Waals surface area contributed by atoms with E-state index in [0.717, 1.165) is 12.8 Å². The molecule has 3 heteroatoms. The number of esters is 1. The van der Waals surface area contributed by atoms with Crippen molar-refractivity contribution < 1.29 is 14.3 Å². The van der Waals surface area contributed by atoms with Crippen LogP contribution in [0.3, 0.4) is 0 Å². The molecule has 3 atom stereocenters. The van der Waals surface area contributed by atoms with E-state index in [9.17, 15) is 9.59 Å². The fraction of sp³-hybridized carbons (Fsp3) is 0.733. The summed E-state index contributed by atoms with van der Waals surface area (Å²) < 4.78 is 5.28. The molecular formula is C15H24O3. The summed E-state index contributed by atoms with van der Waals surface area (Å²) in [4.78, 5) is 23.3. The zero-order chi connectivity index (χ0) is 13.5. The molecule has 0 spiro atoms. The van der Waals surface area contributed by atoms with Gasteiger partial charge < -0.3 is 4.74 Å². The Hall–Kier alpha value is -1.12. The minimum absolute atomic E-state index is 0.0245. The van der Waals surface area contributed by atoms with Crippen molar-refractivity contribution in [3.63, 3.8) is 0 Å². The molecule has 1 aliphatic rings. The predicted octanol–water partition coefficient (Wildman–Crippen LogP) is 3.28. The molecule has 1 rings (SSSR count). The first-order valence-electron chi connectivity index (χ1n) is 6.89. The van der Waals surface area contributed by atoms with Crippen LogP contribution in [0.15, 0.2) is 12.2 Å². The van der Waals surface area contributed by atoms with E-state index in [2.05, 4.69) is 6.08 Å². The number of ketones is 1. The van der Waals surface area contributed by atoms with Gasteiger partial charge in [-0.25, -0.2) is 0 Å². The Bertz CT molecular complexity index is 320. The van der Waals surface area contributed by atoms with Gasteiger partial charge in [0.15, 0.2) is 0 Å². The highest BCUT2D eigenvalue weighted by Crippen LogP contribution is 2.34. The third-order valence-corrected chi connectivity index (χ3v) is 3.66. The number of Topliss-reactive ketones (excluding diaryl/α,β-unsaturated/α-hetero) is 1. The Morgan fingerprint density at radius 3 is 2.72 bits per heavy atom. The van der Waals surface area contributed by atoms with Crippen LogP contribution in [0.2, 0.25) is 0 Å². The standard InChI is InChI=1S/C15H24O3/c1-4-6-7-12-8-14(16)9-13(12)10-15(17)18-11(3)5-2/h4,6,11-13H,5,7-10H2,1-3H3. The number of hydrogen-bond donors (Lipinski definition) is 0. The number of carbonyl (C=O) groups excluding carboxylic acids is 2. The summed E-state index contributed by atoms with van der Waals surface area (Å²) in [7, 11) is 0. The van der Waals surface area contributed by atoms with Crippen LogP contribution in [0, 0.1) is 11.8 Å². The molecule has 18 heavy (non-hydrogen) atoms. The SMILES string of the molecule is CC=CCC1CC(=O)CC1CC(=O)OC(C)CC. The summed E-state index contributed by atoms with van der Waals surface area (Å²) in [5.74, 6) is 0.615. The third kappa shape index (κ3) is 4.63. The third-order valence-electron chi connectivity index (χ3n) is 3.66. The molecule has 0 aromatic carbocycles. The fourth-order valence-electron chi connectivity index (χ4n) is 2.40. The van der Waals surface area contributed by atoms with Crippen molar-refractivity contribution in [2.24, 2.45) is 11.8 Å². The number of ether oxygens (including phenoxy) is 1. The average molecular weight is 252 g/mol. The molecule has 0 aromatic rings. The highest BCUT2D eigenvalue weighted by atomic mass is 16.5. The molecule has 0 amide bonds. The Morgan fingerprint density at radius 1 is 1.44 bits per heavy atom. The number of carbonyl (C=O) groups is 2. The van der Waals surface area contributed by atoms with Crippen LogP contribution >= 0.6 is 0 Å². The van der Waals surface area contributed by atoms with Crippen molar-refractivity contribution in [3.8, 4) is 0 Å². The van der Waals surface area contributed by atoms with E-state index >= 15 is 0 Å². The molecule has 0 heterocycles. The summed E-state index contributed by atoms with van der Waals surface area (Å²) in [6, 6.07) is 0. The van der Waals surface area contributed by atoms with Crippen molar-refractivity contribution >= 4 is 11.8 Å². The molecule has 0 N–H and O–H groups in total. The molecule has 0 saturated heterocycles. The molecule has 3 nitrogen and oxygen atoms in total. The molecule has 102 valence electrons. The first-order chi connectivity index (χ1) is 8.56. The summed E-state index contributed by atoms with van der Waals surface area (Å²) in [6.07, 6.45) is 7.32. The van der Waals surface area contributed by atoms with Crippen LogP contribution in [-0.4, -0.2) is 17.9 Å². The van der Waals surface area contributed by atoms with Gasteiger partial charge >= 0.3 is 5.97 Å². The zero-order valence-electron chi connectivity index (χ0n) is 11.6. The molecule has 1 fully saturated rings. The van der Waals surface area contributed by atoms with E-state index in [-0.39, 0.29) is 23.8 Å². The molecule has 3 unspecified atom stereocenters. The molecule has 1 saturated carbocycles. The fourth-order valence-corrected chi connectivity index (χ4v) is 2.40. The van der Waals surface area contributed by atoms with Crippen LogP contribution in [0.4, 0.5) is 0 Å². The Labute approximate surface area is 110 Å². The van der Waals surface area contributed by atoms with Crippen molar-refractivity contribution in [3.05, 3.63) is 12.2 Å². The van der Waals surface area contributed by atoms with Crippen molar-refractivity contribution in [2.75, 3.05) is 0 Å². The lowest BCUT2D eigenvalue weighted by Gasteiger charge is -2.18. The molecule has 1 aliphatic carbocycles. The van der Waals surface area contributed by atoms with Gasteiger partial charge in [0.2, 0.25) is 0 Å². The Balaban J connectivity index is 2.47. The van der Waals surface area contributed by atoms with Crippen molar-refractivity contribution in [1.82, 2.24) is 0 Å². The smallest absolute Gasteiger partial charge is 0.306 e. The maximum atomic E-state index is 11.7. The van der Waals surface area contributed by atoms with E-state index in [4.69, 9.17) is 4.74 Å². The summed E-state index contributed by atoms with van der Waals surface area (Å²) in [5, 5.41) is 0. The van der Waals surface area contributed by atoms with Gasteiger partial charge in [-0.15, -0.1) is 0 Å². The molecule has 0 bridgehead atoms. The second-order valence-corrected chi connectivity index (χ2v) is 5.18. The number of rotatable bonds is 6. The Kier molecular flexibility index (Phi) is 6.10. The normalized spacial score (nSPS) is 25.6. The maximum absolute atomic E-state index is 11.7. The number of hydrogen-bond acceptors (Lipinski definition) is 3. The molecule has 0 aromatic heterocycles. The van der Waals surface area contributed by atoms with E-state index < -0.39 is 0 Å². The van der Waals surface area contributed by atoms with Gasteiger partial charge in [0, 0.05) is 19.3 Å². The maximum Gasteiger partial charge on any atom is 0.306 e. The average Bonchev–Trinajstić information content (AvgIpc) is 2.66. The first kappa shape index (κ1) is 14.9. The monoisotopic (exact) mass is 252 g/mol. The zero-order valence-corrected chi connectivity index (χ0v) is 11.6. The lowest BCUT2D eigenvalue weighted by Crippen LogP contribution is -2.19. The molecule has 0 radical (unpaired) electrons. The second kappa shape index (κ2) is 7.34. The van der Waals surface area contributed by atoms with Gasteiger partial charge in [0.25, 0.3) is 0 Å². The molecule has 0 aliphatic heterocycles. The van der Waals surface area contributed by atoms with Gasteiger partial charge in [0.1, 0.15) is 5.78 Å². The predicted molar refractivity (Wildman–Crippen MR) is 71.1 cm³/mol. The van der Waals surface area contributed by atoms with Gasteiger partial charge in [-0.05, 0) is 38.5 Å². The topological polar surface area (TPSA) is 43.4 Å². The first-order valence-corrected chi connectivity index (χ1v) is 6.89. The van der Waals surface area contributed by atoms with E-state index in [0.29, 0.717) is 25.2 Å². The summed E-state index contributed by atoms with van der Waals surface area (Å²) >= 11 is 0. The quantitative estimate of drug-likeness (QED) is 0.538. The van der Waals surface area contributed by atoms with Gasteiger partial charge in [-0.1, -0.05) is 19.1 Å². The van der Waals surface area contributed by atoms with E-state index in [1.165, 1.54) is 0 Å². The molecular weight excluding hydrogens is 228 g/mol. The largest absolute Gasteiger partial charge is 0.463 e. The minimum Gasteiger partial charge on any atom is -0.463 e. The van der Waals surface area contributed by atoms with Crippen LogP contribution in [-0.2, 0) is 14.3 Å².